The van der Waals surface area contributed by atoms with E-state index in [4.69, 9.17) is 4.74 Å². The van der Waals surface area contributed by atoms with E-state index in [0.29, 0.717) is 0 Å². The van der Waals surface area contributed by atoms with Crippen molar-refractivity contribution in [2.24, 2.45) is 14.1 Å². The van der Waals surface area contributed by atoms with Crippen molar-refractivity contribution in [1.29, 1.82) is 0 Å². The van der Waals surface area contributed by atoms with Crippen LogP contribution in [0.15, 0.2) is 54.6 Å². The fraction of sp³-hybridized carbons (Fsp3) is 0.167. The van der Waals surface area contributed by atoms with Crippen LogP contribution in [0.5, 0.6) is 5.75 Å². The molecule has 22 heavy (non-hydrogen) atoms. The summed E-state index contributed by atoms with van der Waals surface area (Å²) in [5.41, 5.74) is 4.15. The van der Waals surface area contributed by atoms with Gasteiger partial charge in [0, 0.05) is 11.6 Å². The van der Waals surface area contributed by atoms with Crippen molar-refractivity contribution in [3.05, 3.63) is 60.4 Å². The topological polar surface area (TPSA) is 18.0 Å². The summed E-state index contributed by atoms with van der Waals surface area (Å²) in [5.74, 6) is 0.597. The highest BCUT2D eigenvalue weighted by atomic mass is 19.1. The average molecular weight is 297 g/mol. The maximum atomic E-state index is 13.1. The van der Waals surface area contributed by atoms with E-state index >= 15 is 0 Å². The van der Waals surface area contributed by atoms with Crippen LogP contribution in [0.3, 0.4) is 0 Å². The van der Waals surface area contributed by atoms with Crippen LogP contribution in [0.1, 0.15) is 0 Å². The highest BCUT2D eigenvalue weighted by Crippen LogP contribution is 2.26. The Kier molecular flexibility index (Phi) is 3.67. The van der Waals surface area contributed by atoms with E-state index in [-0.39, 0.29) is 5.82 Å². The van der Waals surface area contributed by atoms with E-state index in [1.807, 2.05) is 43.0 Å². The molecule has 0 N–H and O–H groups in total. The minimum atomic E-state index is -0.227. The highest BCUT2D eigenvalue weighted by Gasteiger charge is 2.20. The SMILES string of the molecule is COc1cccc(-c2cc(-c3ccc(F)cc3)n(C)[n+]2C)c1. The van der Waals surface area contributed by atoms with Crippen LogP contribution in [0.2, 0.25) is 0 Å². The predicted molar refractivity (Wildman–Crippen MR) is 84.0 cm³/mol. The molecule has 0 amide bonds. The van der Waals surface area contributed by atoms with Crippen molar-refractivity contribution >= 4 is 0 Å². The third kappa shape index (κ3) is 2.48. The monoisotopic (exact) mass is 297 g/mol. The quantitative estimate of drug-likeness (QED) is 0.678. The molecule has 4 heteroatoms. The van der Waals surface area contributed by atoms with Crippen molar-refractivity contribution in [2.45, 2.75) is 0 Å². The van der Waals surface area contributed by atoms with Gasteiger partial charge in [0.15, 0.2) is 7.05 Å². The number of nitrogens with zero attached hydrogens (tertiary/aromatic N) is 2. The number of hydrogen-bond acceptors (Lipinski definition) is 1. The number of rotatable bonds is 3. The maximum Gasteiger partial charge on any atom is 0.239 e. The van der Waals surface area contributed by atoms with Crippen LogP contribution in [-0.4, -0.2) is 11.8 Å². The van der Waals surface area contributed by atoms with Gasteiger partial charge in [0.05, 0.1) is 19.7 Å². The first-order chi connectivity index (χ1) is 10.6. The van der Waals surface area contributed by atoms with Crippen LogP contribution in [0.25, 0.3) is 22.5 Å². The smallest absolute Gasteiger partial charge is 0.239 e. The molecule has 0 radical (unpaired) electrons. The Bertz CT molecular complexity index is 806. The molecule has 3 rings (SSSR count). The normalized spacial score (nSPS) is 10.7. The Labute approximate surface area is 129 Å². The van der Waals surface area contributed by atoms with Gasteiger partial charge in [0.25, 0.3) is 0 Å². The van der Waals surface area contributed by atoms with E-state index < -0.39 is 0 Å². The van der Waals surface area contributed by atoms with Crippen molar-refractivity contribution in [3.8, 4) is 28.3 Å². The van der Waals surface area contributed by atoms with E-state index in [1.54, 1.807) is 19.2 Å². The number of benzene rings is 2. The summed E-state index contributed by atoms with van der Waals surface area (Å²) in [6.07, 6.45) is 0. The molecule has 112 valence electrons. The molecule has 0 aliphatic rings. The van der Waals surface area contributed by atoms with Crippen LogP contribution < -0.4 is 9.42 Å². The summed E-state index contributed by atoms with van der Waals surface area (Å²) in [5, 5.41) is 0. The van der Waals surface area contributed by atoms with Gasteiger partial charge in [-0.15, -0.1) is 4.68 Å². The Morgan fingerprint density at radius 1 is 1.00 bits per heavy atom. The van der Waals surface area contributed by atoms with Crippen LogP contribution in [-0.2, 0) is 14.1 Å². The third-order valence-electron chi connectivity index (χ3n) is 3.93. The first-order valence-corrected chi connectivity index (χ1v) is 7.06. The Hall–Kier alpha value is -2.62. The van der Waals surface area contributed by atoms with Gasteiger partial charge >= 0.3 is 0 Å². The number of halogens is 1. The molecular weight excluding hydrogens is 279 g/mol. The second-order valence-electron chi connectivity index (χ2n) is 5.20. The van der Waals surface area contributed by atoms with Gasteiger partial charge in [-0.3, -0.25) is 0 Å². The number of hydrogen-bond donors (Lipinski definition) is 0. The van der Waals surface area contributed by atoms with E-state index in [1.165, 1.54) is 12.1 Å². The summed E-state index contributed by atoms with van der Waals surface area (Å²) in [4.78, 5) is 0. The van der Waals surface area contributed by atoms with Gasteiger partial charge in [-0.25, -0.2) is 4.39 Å². The van der Waals surface area contributed by atoms with Gasteiger partial charge in [-0.1, -0.05) is 6.07 Å². The van der Waals surface area contributed by atoms with E-state index in [2.05, 4.69) is 10.7 Å². The molecule has 0 saturated carbocycles. The molecule has 0 bridgehead atoms. The third-order valence-corrected chi connectivity index (χ3v) is 3.93. The molecule has 1 aromatic heterocycles. The molecule has 3 aromatic rings. The molecule has 0 aliphatic carbocycles. The second kappa shape index (κ2) is 5.64. The molecule has 0 fully saturated rings. The standard InChI is InChI=1S/C18H18FN2O/c1-20-17(13-7-9-15(19)10-8-13)12-18(21(20)2)14-5-4-6-16(11-14)22-3/h4-12H,1-3H3/q+1. The number of methoxy groups -OCH3 is 1. The lowest BCUT2D eigenvalue weighted by molar-refractivity contribution is -0.740. The molecule has 3 nitrogen and oxygen atoms in total. The van der Waals surface area contributed by atoms with Crippen molar-refractivity contribution in [1.82, 2.24) is 4.68 Å². The van der Waals surface area contributed by atoms with Gasteiger partial charge in [-0.05, 0) is 42.5 Å². The summed E-state index contributed by atoms with van der Waals surface area (Å²) in [6, 6.07) is 16.6. The molecule has 2 aromatic carbocycles. The summed E-state index contributed by atoms with van der Waals surface area (Å²) >= 11 is 0. The molecule has 0 unspecified atom stereocenters. The summed E-state index contributed by atoms with van der Waals surface area (Å²) in [7, 11) is 5.65. The first-order valence-electron chi connectivity index (χ1n) is 7.06. The zero-order valence-electron chi connectivity index (χ0n) is 12.9. The van der Waals surface area contributed by atoms with E-state index in [0.717, 1.165) is 28.3 Å². The molecule has 0 spiro atoms. The fourth-order valence-corrected chi connectivity index (χ4v) is 2.58. The van der Waals surface area contributed by atoms with Crippen molar-refractivity contribution < 1.29 is 13.8 Å². The molecule has 0 saturated heterocycles. The largest absolute Gasteiger partial charge is 0.497 e. The number of aromatic nitrogens is 2. The van der Waals surface area contributed by atoms with Crippen molar-refractivity contribution in [3.63, 3.8) is 0 Å². The minimum absolute atomic E-state index is 0.227. The van der Waals surface area contributed by atoms with Gasteiger partial charge in [0.1, 0.15) is 17.3 Å². The molecule has 1 heterocycles. The molecular formula is C18H18FN2O+. The van der Waals surface area contributed by atoms with Crippen LogP contribution in [0.4, 0.5) is 4.39 Å². The average Bonchev–Trinajstić information content (AvgIpc) is 2.84. The Morgan fingerprint density at radius 3 is 2.41 bits per heavy atom. The van der Waals surface area contributed by atoms with Crippen molar-refractivity contribution in [2.75, 3.05) is 7.11 Å². The van der Waals surface area contributed by atoms with Crippen LogP contribution in [0, 0.1) is 5.82 Å². The molecule has 0 aliphatic heterocycles. The predicted octanol–water partition coefficient (Wildman–Crippen LogP) is 3.33. The first kappa shape index (κ1) is 14.3. The Morgan fingerprint density at radius 2 is 1.73 bits per heavy atom. The summed E-state index contributed by atoms with van der Waals surface area (Å²) in [6.45, 7) is 0. The van der Waals surface area contributed by atoms with E-state index in [9.17, 15) is 4.39 Å². The fourth-order valence-electron chi connectivity index (χ4n) is 2.58. The zero-order valence-corrected chi connectivity index (χ0v) is 12.9. The number of ether oxygens (including phenoxy) is 1. The zero-order chi connectivity index (χ0) is 15.7. The molecule has 0 atom stereocenters. The lowest BCUT2D eigenvalue weighted by Crippen LogP contribution is -2.39. The Balaban J connectivity index is 2.11. The van der Waals surface area contributed by atoms with Gasteiger partial charge in [-0.2, -0.15) is 4.68 Å². The second-order valence-corrected chi connectivity index (χ2v) is 5.20. The lowest BCUT2D eigenvalue weighted by atomic mass is 10.1. The summed E-state index contributed by atoms with van der Waals surface area (Å²) < 4.78 is 22.5. The lowest BCUT2D eigenvalue weighted by Gasteiger charge is -2.01. The van der Waals surface area contributed by atoms with Gasteiger partial charge in [0.2, 0.25) is 5.69 Å². The van der Waals surface area contributed by atoms with Gasteiger partial charge < -0.3 is 4.74 Å². The maximum absolute atomic E-state index is 13.1. The van der Waals surface area contributed by atoms with Crippen LogP contribution >= 0.6 is 0 Å². The highest BCUT2D eigenvalue weighted by molar-refractivity contribution is 5.67. The minimum Gasteiger partial charge on any atom is -0.497 e.